The maximum Gasteiger partial charge on any atom is 0.0454 e. The van der Waals surface area contributed by atoms with Crippen molar-refractivity contribution in [3.05, 3.63) is 36.0 Å². The molecule has 2 heteroatoms. The Bertz CT molecular complexity index is 421. The quantitative estimate of drug-likeness (QED) is 0.684. The summed E-state index contributed by atoms with van der Waals surface area (Å²) in [5.74, 6) is 0. The Morgan fingerprint density at radius 1 is 1.23 bits per heavy atom. The molecular formula is C11H14N2. The van der Waals surface area contributed by atoms with Gasteiger partial charge in [0.1, 0.15) is 0 Å². The van der Waals surface area contributed by atoms with Gasteiger partial charge in [0.15, 0.2) is 0 Å². The first-order valence-corrected chi connectivity index (χ1v) is 4.44. The van der Waals surface area contributed by atoms with Crippen LogP contribution in [-0.4, -0.2) is 4.98 Å². The summed E-state index contributed by atoms with van der Waals surface area (Å²) in [6.07, 6.45) is 1.94. The van der Waals surface area contributed by atoms with Crippen LogP contribution in [0.5, 0.6) is 0 Å². The van der Waals surface area contributed by atoms with Gasteiger partial charge < -0.3 is 10.7 Å². The highest BCUT2D eigenvalue weighted by atomic mass is 14.7. The predicted molar refractivity (Wildman–Crippen MR) is 55.5 cm³/mol. The third-order valence-corrected chi connectivity index (χ3v) is 2.30. The number of hydrogen-bond acceptors (Lipinski definition) is 1. The van der Waals surface area contributed by atoms with E-state index in [1.165, 1.54) is 10.9 Å². The molecule has 0 unspecified atom stereocenters. The molecule has 0 saturated carbocycles. The highest BCUT2D eigenvalue weighted by Gasteiger charge is 2.13. The number of hydrogen-bond donors (Lipinski definition) is 2. The summed E-state index contributed by atoms with van der Waals surface area (Å²) >= 11 is 0. The van der Waals surface area contributed by atoms with Gasteiger partial charge in [-0.1, -0.05) is 6.07 Å². The van der Waals surface area contributed by atoms with Crippen molar-refractivity contribution in [1.82, 2.24) is 4.98 Å². The summed E-state index contributed by atoms with van der Waals surface area (Å²) in [4.78, 5) is 3.16. The molecule has 1 aromatic carbocycles. The molecule has 2 aromatic rings. The van der Waals surface area contributed by atoms with E-state index in [2.05, 4.69) is 29.2 Å². The maximum absolute atomic E-state index is 6.01. The van der Waals surface area contributed by atoms with Crippen molar-refractivity contribution in [1.29, 1.82) is 0 Å². The molecule has 0 aliphatic rings. The highest BCUT2D eigenvalue weighted by molar-refractivity contribution is 5.80. The number of nitrogens with one attached hydrogen (secondary N) is 1. The Morgan fingerprint density at radius 3 is 2.69 bits per heavy atom. The van der Waals surface area contributed by atoms with Crippen molar-refractivity contribution in [3.63, 3.8) is 0 Å². The summed E-state index contributed by atoms with van der Waals surface area (Å²) in [6, 6.07) is 8.33. The molecule has 0 bridgehead atoms. The lowest BCUT2D eigenvalue weighted by molar-refractivity contribution is 0.555. The standard InChI is InChI=1S/C11H14N2/c1-11(2,12)9-3-4-10-8(7-9)5-6-13-10/h3-7,13H,12H2,1-2H3. The highest BCUT2D eigenvalue weighted by Crippen LogP contribution is 2.21. The van der Waals surface area contributed by atoms with Gasteiger partial charge in [-0.25, -0.2) is 0 Å². The Hall–Kier alpha value is -1.28. The average molecular weight is 174 g/mol. The first-order valence-electron chi connectivity index (χ1n) is 4.44. The fourth-order valence-corrected chi connectivity index (χ4v) is 1.45. The van der Waals surface area contributed by atoms with Gasteiger partial charge in [-0.3, -0.25) is 0 Å². The van der Waals surface area contributed by atoms with E-state index in [0.717, 1.165) is 5.52 Å². The van der Waals surface area contributed by atoms with Gasteiger partial charge in [-0.15, -0.1) is 0 Å². The molecule has 0 aliphatic heterocycles. The molecule has 0 amide bonds. The Balaban J connectivity index is 2.61. The third-order valence-electron chi connectivity index (χ3n) is 2.30. The van der Waals surface area contributed by atoms with E-state index in [9.17, 15) is 0 Å². The van der Waals surface area contributed by atoms with E-state index in [1.807, 2.05) is 20.0 Å². The second kappa shape index (κ2) is 2.60. The summed E-state index contributed by atoms with van der Waals surface area (Å²) in [7, 11) is 0. The average Bonchev–Trinajstić information content (AvgIpc) is 2.47. The second-order valence-corrected chi connectivity index (χ2v) is 4.00. The zero-order valence-electron chi connectivity index (χ0n) is 7.96. The molecule has 0 radical (unpaired) electrons. The molecule has 13 heavy (non-hydrogen) atoms. The molecule has 3 N–H and O–H groups in total. The molecule has 2 rings (SSSR count). The lowest BCUT2D eigenvalue weighted by atomic mass is 9.95. The van der Waals surface area contributed by atoms with E-state index < -0.39 is 0 Å². The molecule has 68 valence electrons. The van der Waals surface area contributed by atoms with Crippen molar-refractivity contribution in [2.45, 2.75) is 19.4 Å². The molecule has 0 spiro atoms. The van der Waals surface area contributed by atoms with E-state index in [4.69, 9.17) is 5.73 Å². The first kappa shape index (κ1) is 8.32. The summed E-state index contributed by atoms with van der Waals surface area (Å²) in [5.41, 5.74) is 8.07. The fourth-order valence-electron chi connectivity index (χ4n) is 1.45. The number of aromatic amines is 1. The molecule has 1 heterocycles. The molecule has 0 saturated heterocycles. The molecule has 1 aromatic heterocycles. The SMILES string of the molecule is CC(C)(N)c1ccc2[nH]ccc2c1. The van der Waals surface area contributed by atoms with Crippen LogP contribution in [0.2, 0.25) is 0 Å². The summed E-state index contributed by atoms with van der Waals surface area (Å²) in [6.45, 7) is 4.03. The number of H-pyrrole nitrogens is 1. The molecule has 2 nitrogen and oxygen atoms in total. The summed E-state index contributed by atoms with van der Waals surface area (Å²) in [5, 5.41) is 1.22. The lowest BCUT2D eigenvalue weighted by Crippen LogP contribution is -2.28. The van der Waals surface area contributed by atoms with Crippen LogP contribution in [0.25, 0.3) is 10.9 Å². The van der Waals surface area contributed by atoms with Crippen LogP contribution >= 0.6 is 0 Å². The van der Waals surface area contributed by atoms with Crippen molar-refractivity contribution < 1.29 is 0 Å². The van der Waals surface area contributed by atoms with Crippen molar-refractivity contribution in [3.8, 4) is 0 Å². The van der Waals surface area contributed by atoms with Gasteiger partial charge in [0, 0.05) is 17.3 Å². The Kier molecular flexibility index (Phi) is 1.67. The first-order chi connectivity index (χ1) is 6.07. The Morgan fingerprint density at radius 2 is 2.00 bits per heavy atom. The van der Waals surface area contributed by atoms with Gasteiger partial charge in [0.25, 0.3) is 0 Å². The second-order valence-electron chi connectivity index (χ2n) is 4.00. The minimum absolute atomic E-state index is 0.258. The van der Waals surface area contributed by atoms with Crippen molar-refractivity contribution in [2.75, 3.05) is 0 Å². The van der Waals surface area contributed by atoms with Crippen LogP contribution in [-0.2, 0) is 5.54 Å². The summed E-state index contributed by atoms with van der Waals surface area (Å²) < 4.78 is 0. The van der Waals surface area contributed by atoms with E-state index in [1.54, 1.807) is 0 Å². The minimum Gasteiger partial charge on any atom is -0.361 e. The van der Waals surface area contributed by atoms with Crippen LogP contribution in [0.15, 0.2) is 30.5 Å². The topological polar surface area (TPSA) is 41.8 Å². The maximum atomic E-state index is 6.01. The van der Waals surface area contributed by atoms with Crippen LogP contribution in [0.4, 0.5) is 0 Å². The normalized spacial score (nSPS) is 12.2. The van der Waals surface area contributed by atoms with Crippen LogP contribution in [0.3, 0.4) is 0 Å². The van der Waals surface area contributed by atoms with Crippen LogP contribution in [0.1, 0.15) is 19.4 Å². The number of aromatic nitrogens is 1. The molecular weight excluding hydrogens is 160 g/mol. The Labute approximate surface area is 77.8 Å². The van der Waals surface area contributed by atoms with Crippen LogP contribution < -0.4 is 5.73 Å². The number of benzene rings is 1. The van der Waals surface area contributed by atoms with Gasteiger partial charge in [0.05, 0.1) is 0 Å². The molecule has 0 aliphatic carbocycles. The lowest BCUT2D eigenvalue weighted by Gasteiger charge is -2.18. The third kappa shape index (κ3) is 1.45. The van der Waals surface area contributed by atoms with Gasteiger partial charge >= 0.3 is 0 Å². The van der Waals surface area contributed by atoms with Crippen LogP contribution in [0, 0.1) is 0 Å². The molecule has 0 atom stereocenters. The number of rotatable bonds is 1. The van der Waals surface area contributed by atoms with Crippen molar-refractivity contribution in [2.24, 2.45) is 5.73 Å². The van der Waals surface area contributed by atoms with E-state index in [0.29, 0.717) is 0 Å². The number of nitrogens with two attached hydrogens (primary N) is 1. The van der Waals surface area contributed by atoms with Gasteiger partial charge in [0.2, 0.25) is 0 Å². The predicted octanol–water partition coefficient (Wildman–Crippen LogP) is 2.36. The monoisotopic (exact) mass is 174 g/mol. The zero-order valence-corrected chi connectivity index (χ0v) is 7.96. The van der Waals surface area contributed by atoms with Gasteiger partial charge in [-0.2, -0.15) is 0 Å². The minimum atomic E-state index is -0.258. The largest absolute Gasteiger partial charge is 0.361 e. The van der Waals surface area contributed by atoms with Crippen molar-refractivity contribution >= 4 is 10.9 Å². The van der Waals surface area contributed by atoms with Gasteiger partial charge in [-0.05, 0) is 43.0 Å². The van der Waals surface area contributed by atoms with E-state index >= 15 is 0 Å². The smallest absolute Gasteiger partial charge is 0.0454 e. The molecule has 0 fully saturated rings. The number of fused-ring (bicyclic) bond motifs is 1. The zero-order chi connectivity index (χ0) is 9.47. The fraction of sp³-hybridized carbons (Fsp3) is 0.273. The van der Waals surface area contributed by atoms with E-state index in [-0.39, 0.29) is 5.54 Å².